The Balaban J connectivity index is 2.11. The van der Waals surface area contributed by atoms with Gasteiger partial charge in [0.15, 0.2) is 9.84 Å². The molecule has 0 aromatic rings. The van der Waals surface area contributed by atoms with Crippen LogP contribution in [0.3, 0.4) is 0 Å². The van der Waals surface area contributed by atoms with Gasteiger partial charge in [-0.1, -0.05) is 0 Å². The van der Waals surface area contributed by atoms with E-state index in [-0.39, 0.29) is 23.6 Å². The second-order valence-electron chi connectivity index (χ2n) is 5.49. The van der Waals surface area contributed by atoms with Gasteiger partial charge in [-0.05, 0) is 18.6 Å². The summed E-state index contributed by atoms with van der Waals surface area (Å²) in [5, 5.41) is 9.00. The van der Waals surface area contributed by atoms with Gasteiger partial charge < -0.3 is 14.9 Å². The van der Waals surface area contributed by atoms with Crippen LogP contribution >= 0.6 is 11.8 Å². The number of thioether (sulfide) groups is 1. The summed E-state index contributed by atoms with van der Waals surface area (Å²) in [7, 11) is -1.50. The number of hydrogen-bond acceptors (Lipinski definition) is 5. The van der Waals surface area contributed by atoms with Gasteiger partial charge in [0.05, 0.1) is 11.5 Å². The fourth-order valence-corrected chi connectivity index (χ4v) is 5.70. The predicted octanol–water partition coefficient (Wildman–Crippen LogP) is 0.117. The van der Waals surface area contributed by atoms with Gasteiger partial charge in [-0.2, -0.15) is 11.8 Å². The molecular formula is C12H20N2O5S2. The quantitative estimate of drug-likeness (QED) is 0.783. The Kier molecular flexibility index (Phi) is 5.03. The lowest BCUT2D eigenvalue weighted by molar-refractivity contribution is -0.138. The standard InChI is InChI=1S/C12H20N2O5S2/c1-13(9-2-4-20-7-9)12(17)14(6-11(15)16)10-3-5-21(18,19)8-10/h9-10H,2-8H2,1H3,(H,15,16). The largest absolute Gasteiger partial charge is 0.480 e. The minimum Gasteiger partial charge on any atom is -0.480 e. The number of aliphatic carboxylic acids is 1. The normalized spacial score (nSPS) is 27.5. The summed E-state index contributed by atoms with van der Waals surface area (Å²) >= 11 is 1.76. The van der Waals surface area contributed by atoms with E-state index in [2.05, 4.69) is 0 Å². The Morgan fingerprint density at radius 2 is 2.00 bits per heavy atom. The molecule has 2 aliphatic rings. The zero-order valence-corrected chi connectivity index (χ0v) is 13.5. The molecule has 0 aromatic carbocycles. The average molecular weight is 336 g/mol. The molecule has 9 heteroatoms. The predicted molar refractivity (Wildman–Crippen MR) is 80.3 cm³/mol. The Morgan fingerprint density at radius 1 is 1.29 bits per heavy atom. The van der Waals surface area contributed by atoms with Crippen LogP contribution in [0, 0.1) is 0 Å². The molecule has 2 rings (SSSR count). The van der Waals surface area contributed by atoms with Crippen molar-refractivity contribution >= 4 is 33.6 Å². The topological polar surface area (TPSA) is 95.0 Å². The number of carbonyl (C=O) groups excluding carboxylic acids is 1. The first-order valence-corrected chi connectivity index (χ1v) is 9.81. The van der Waals surface area contributed by atoms with Gasteiger partial charge in [-0.25, -0.2) is 13.2 Å². The SMILES string of the molecule is CN(C(=O)N(CC(=O)O)C1CCS(=O)(=O)C1)C1CCSC1. The Labute approximate surface area is 128 Å². The summed E-state index contributed by atoms with van der Waals surface area (Å²) in [6, 6.07) is -0.820. The molecule has 0 aromatic heterocycles. The summed E-state index contributed by atoms with van der Waals surface area (Å²) in [5.74, 6) is 0.580. The Hall–Kier alpha value is -0.960. The number of nitrogens with zero attached hydrogens (tertiary/aromatic N) is 2. The molecule has 0 bridgehead atoms. The first-order valence-electron chi connectivity index (χ1n) is 6.83. The van der Waals surface area contributed by atoms with Gasteiger partial charge in [-0.15, -0.1) is 0 Å². The lowest BCUT2D eigenvalue weighted by Gasteiger charge is -2.33. The van der Waals surface area contributed by atoms with Crippen LogP contribution < -0.4 is 0 Å². The van der Waals surface area contributed by atoms with E-state index < -0.39 is 28.4 Å². The molecule has 0 aliphatic carbocycles. The first-order chi connectivity index (χ1) is 9.80. The number of sulfone groups is 1. The van der Waals surface area contributed by atoms with Crippen LogP contribution in [-0.2, 0) is 14.6 Å². The van der Waals surface area contributed by atoms with Crippen LogP contribution in [0.5, 0.6) is 0 Å². The first kappa shape index (κ1) is 16.4. The highest BCUT2D eigenvalue weighted by atomic mass is 32.2. The molecule has 2 saturated heterocycles. The van der Waals surface area contributed by atoms with E-state index in [1.807, 2.05) is 0 Å². The zero-order chi connectivity index (χ0) is 15.6. The minimum atomic E-state index is -3.16. The van der Waals surface area contributed by atoms with Crippen molar-refractivity contribution in [2.24, 2.45) is 0 Å². The average Bonchev–Trinajstić information content (AvgIpc) is 3.03. The highest BCUT2D eigenvalue weighted by Crippen LogP contribution is 2.24. The Morgan fingerprint density at radius 3 is 2.48 bits per heavy atom. The monoisotopic (exact) mass is 336 g/mol. The van der Waals surface area contributed by atoms with Crippen molar-refractivity contribution in [2.45, 2.75) is 24.9 Å². The van der Waals surface area contributed by atoms with E-state index in [0.29, 0.717) is 6.42 Å². The van der Waals surface area contributed by atoms with Crippen LogP contribution in [0.15, 0.2) is 0 Å². The van der Waals surface area contributed by atoms with Crippen molar-refractivity contribution in [3.63, 3.8) is 0 Å². The number of carbonyl (C=O) groups is 2. The molecule has 2 atom stereocenters. The number of urea groups is 1. The van der Waals surface area contributed by atoms with E-state index in [1.54, 1.807) is 23.7 Å². The minimum absolute atomic E-state index is 0.0179. The smallest absolute Gasteiger partial charge is 0.323 e. The molecule has 0 radical (unpaired) electrons. The maximum Gasteiger partial charge on any atom is 0.323 e. The molecule has 7 nitrogen and oxygen atoms in total. The fourth-order valence-electron chi connectivity index (χ4n) is 2.71. The van der Waals surface area contributed by atoms with Crippen molar-refractivity contribution in [3.8, 4) is 0 Å². The molecule has 2 fully saturated rings. The van der Waals surface area contributed by atoms with Crippen molar-refractivity contribution in [1.82, 2.24) is 9.80 Å². The molecule has 2 aliphatic heterocycles. The molecule has 0 saturated carbocycles. The summed E-state index contributed by atoms with van der Waals surface area (Å²) in [5.41, 5.74) is 0. The van der Waals surface area contributed by atoms with E-state index in [0.717, 1.165) is 17.9 Å². The van der Waals surface area contributed by atoms with Crippen molar-refractivity contribution in [1.29, 1.82) is 0 Å². The van der Waals surface area contributed by atoms with Crippen LogP contribution in [-0.4, -0.2) is 84.0 Å². The van der Waals surface area contributed by atoms with Gasteiger partial charge in [-0.3, -0.25) is 4.79 Å². The molecule has 21 heavy (non-hydrogen) atoms. The Bertz CT molecular complexity index is 516. The zero-order valence-electron chi connectivity index (χ0n) is 11.9. The summed E-state index contributed by atoms with van der Waals surface area (Å²) in [6.45, 7) is -0.455. The summed E-state index contributed by atoms with van der Waals surface area (Å²) in [4.78, 5) is 26.3. The van der Waals surface area contributed by atoms with E-state index in [4.69, 9.17) is 5.11 Å². The number of carboxylic acids is 1. The van der Waals surface area contributed by atoms with Crippen LogP contribution in [0.2, 0.25) is 0 Å². The van der Waals surface area contributed by atoms with Crippen molar-refractivity contribution in [3.05, 3.63) is 0 Å². The van der Waals surface area contributed by atoms with E-state index in [1.165, 1.54) is 4.90 Å². The van der Waals surface area contributed by atoms with Crippen LogP contribution in [0.25, 0.3) is 0 Å². The molecule has 120 valence electrons. The molecule has 0 spiro atoms. The van der Waals surface area contributed by atoms with E-state index >= 15 is 0 Å². The number of hydrogen-bond donors (Lipinski definition) is 1. The lowest BCUT2D eigenvalue weighted by Crippen LogP contribution is -2.52. The molecule has 2 heterocycles. The molecule has 2 unspecified atom stereocenters. The second kappa shape index (κ2) is 6.43. The number of carboxylic acid groups (broad SMARTS) is 1. The van der Waals surface area contributed by atoms with Gasteiger partial charge in [0.1, 0.15) is 6.54 Å². The summed E-state index contributed by atoms with van der Waals surface area (Å²) < 4.78 is 23.2. The molecule has 1 N–H and O–H groups in total. The van der Waals surface area contributed by atoms with Crippen molar-refractivity contribution in [2.75, 3.05) is 36.6 Å². The third kappa shape index (κ3) is 4.03. The molecule has 2 amide bonds. The van der Waals surface area contributed by atoms with Gasteiger partial charge in [0.2, 0.25) is 0 Å². The van der Waals surface area contributed by atoms with Crippen LogP contribution in [0.1, 0.15) is 12.8 Å². The lowest BCUT2D eigenvalue weighted by atomic mass is 10.2. The van der Waals surface area contributed by atoms with E-state index in [9.17, 15) is 18.0 Å². The fraction of sp³-hybridized carbons (Fsp3) is 0.833. The van der Waals surface area contributed by atoms with Gasteiger partial charge in [0, 0.05) is 24.9 Å². The number of rotatable bonds is 4. The van der Waals surface area contributed by atoms with Gasteiger partial charge in [0.25, 0.3) is 0 Å². The maximum absolute atomic E-state index is 12.5. The summed E-state index contributed by atoms with van der Waals surface area (Å²) in [6.07, 6.45) is 1.20. The highest BCUT2D eigenvalue weighted by molar-refractivity contribution is 7.99. The molecular weight excluding hydrogens is 316 g/mol. The maximum atomic E-state index is 12.5. The highest BCUT2D eigenvalue weighted by Gasteiger charge is 2.38. The van der Waals surface area contributed by atoms with Crippen LogP contribution in [0.4, 0.5) is 4.79 Å². The number of amides is 2. The second-order valence-corrected chi connectivity index (χ2v) is 8.87. The van der Waals surface area contributed by atoms with Gasteiger partial charge >= 0.3 is 12.0 Å². The van der Waals surface area contributed by atoms with Crippen molar-refractivity contribution < 1.29 is 23.1 Å². The third-order valence-corrected chi connectivity index (χ3v) is 6.85. The third-order valence-electron chi connectivity index (χ3n) is 3.96.